The third-order valence-corrected chi connectivity index (χ3v) is 6.02. The number of carbonyl (C=O) groups excluding carboxylic acids is 2. The summed E-state index contributed by atoms with van der Waals surface area (Å²) >= 11 is 0. The van der Waals surface area contributed by atoms with Crippen molar-refractivity contribution in [2.75, 3.05) is 33.6 Å². The van der Waals surface area contributed by atoms with E-state index in [2.05, 4.69) is 0 Å². The Balaban J connectivity index is 1.56. The van der Waals surface area contributed by atoms with Crippen molar-refractivity contribution in [3.8, 4) is 17.2 Å². The molecule has 35 heavy (non-hydrogen) atoms. The van der Waals surface area contributed by atoms with Crippen molar-refractivity contribution in [1.82, 2.24) is 4.90 Å². The van der Waals surface area contributed by atoms with Crippen LogP contribution in [0.3, 0.4) is 0 Å². The van der Waals surface area contributed by atoms with E-state index in [1.807, 2.05) is 20.8 Å². The maximum atomic E-state index is 14.3. The number of hydrogen-bond acceptors (Lipinski definition) is 7. The predicted octanol–water partition coefficient (Wildman–Crippen LogP) is 4.76. The first kappa shape index (κ1) is 24.6. The fourth-order valence-electron chi connectivity index (χ4n) is 4.34. The first-order valence-electron chi connectivity index (χ1n) is 11.5. The lowest BCUT2D eigenvalue weighted by Gasteiger charge is -2.39. The molecule has 0 radical (unpaired) electrons. The molecule has 1 fully saturated rings. The fourth-order valence-corrected chi connectivity index (χ4v) is 4.34. The summed E-state index contributed by atoms with van der Waals surface area (Å²) in [6, 6.07) is 9.82. The number of rotatable bonds is 5. The van der Waals surface area contributed by atoms with Crippen LogP contribution in [0.1, 0.15) is 49.0 Å². The van der Waals surface area contributed by atoms with Gasteiger partial charge in [0.2, 0.25) is 6.79 Å². The minimum absolute atomic E-state index is 0.0771. The molecule has 4 rings (SSSR count). The quantitative estimate of drug-likeness (QED) is 0.562. The zero-order valence-corrected chi connectivity index (χ0v) is 20.3. The van der Waals surface area contributed by atoms with Gasteiger partial charge in [-0.1, -0.05) is 6.07 Å². The summed E-state index contributed by atoms with van der Waals surface area (Å²) in [6.45, 7) is 6.77. The molecule has 2 heterocycles. The summed E-state index contributed by atoms with van der Waals surface area (Å²) in [5.74, 6) is 0.287. The minimum atomic E-state index is -0.733. The van der Waals surface area contributed by atoms with Gasteiger partial charge < -0.3 is 28.6 Å². The van der Waals surface area contributed by atoms with Gasteiger partial charge in [-0.15, -0.1) is 0 Å². The first-order chi connectivity index (χ1) is 16.6. The maximum Gasteiger partial charge on any atom is 0.410 e. The molecule has 2 aliphatic heterocycles. The monoisotopic (exact) mass is 487 g/mol. The maximum absolute atomic E-state index is 14.3. The van der Waals surface area contributed by atoms with Crippen molar-refractivity contribution >= 4 is 12.1 Å². The largest absolute Gasteiger partial charge is 0.493 e. The molecule has 0 aromatic heterocycles. The Bertz CT molecular complexity index is 1100. The number of piperidine rings is 1. The van der Waals surface area contributed by atoms with Crippen LogP contribution in [0.15, 0.2) is 36.4 Å². The zero-order valence-electron chi connectivity index (χ0n) is 20.3. The second-order valence-corrected chi connectivity index (χ2v) is 9.64. The summed E-state index contributed by atoms with van der Waals surface area (Å²) in [6.07, 6.45) is 0.207. The Labute approximate surface area is 203 Å². The van der Waals surface area contributed by atoms with E-state index in [-0.39, 0.29) is 30.8 Å². The molecule has 0 unspecified atom stereocenters. The number of hydrogen-bond donors (Lipinski definition) is 0. The van der Waals surface area contributed by atoms with Gasteiger partial charge in [0.15, 0.2) is 11.5 Å². The van der Waals surface area contributed by atoms with E-state index in [0.29, 0.717) is 36.8 Å². The highest BCUT2D eigenvalue weighted by Gasteiger charge is 2.35. The molecule has 1 amide bonds. The number of nitrogens with zero attached hydrogens (tertiary/aromatic N) is 1. The number of likely N-dealkylation sites (tertiary alicyclic amines) is 1. The molecule has 9 heteroatoms. The van der Waals surface area contributed by atoms with Gasteiger partial charge >= 0.3 is 12.1 Å². The topological polar surface area (TPSA) is 83.5 Å². The SMILES string of the molecule is COC(=O)c1cc([C@@H]2CCN(C(=O)OC(C)(C)C)C[C@H]2COc2ccc3c(c2)OCO3)ccc1F. The van der Waals surface area contributed by atoms with E-state index in [0.717, 1.165) is 5.56 Å². The third-order valence-electron chi connectivity index (χ3n) is 6.02. The van der Waals surface area contributed by atoms with Gasteiger partial charge in [-0.05, 0) is 62.9 Å². The lowest BCUT2D eigenvalue weighted by molar-refractivity contribution is 0.0111. The highest BCUT2D eigenvalue weighted by molar-refractivity contribution is 5.89. The summed E-state index contributed by atoms with van der Waals surface area (Å²) in [5, 5.41) is 0. The number of methoxy groups -OCH3 is 1. The van der Waals surface area contributed by atoms with Crippen LogP contribution in [0.5, 0.6) is 17.2 Å². The second-order valence-electron chi connectivity index (χ2n) is 9.64. The van der Waals surface area contributed by atoms with E-state index in [9.17, 15) is 14.0 Å². The normalized spacial score (nSPS) is 19.3. The van der Waals surface area contributed by atoms with Crippen LogP contribution in [0, 0.1) is 11.7 Å². The van der Waals surface area contributed by atoms with Gasteiger partial charge in [-0.3, -0.25) is 0 Å². The van der Waals surface area contributed by atoms with Crippen molar-refractivity contribution in [3.05, 3.63) is 53.3 Å². The van der Waals surface area contributed by atoms with Crippen LogP contribution in [0.4, 0.5) is 9.18 Å². The van der Waals surface area contributed by atoms with Gasteiger partial charge in [-0.25, -0.2) is 14.0 Å². The average molecular weight is 488 g/mol. The molecule has 188 valence electrons. The smallest absolute Gasteiger partial charge is 0.410 e. The van der Waals surface area contributed by atoms with E-state index >= 15 is 0 Å². The Kier molecular flexibility index (Phi) is 7.05. The number of halogens is 1. The molecule has 0 N–H and O–H groups in total. The van der Waals surface area contributed by atoms with Crippen molar-refractivity contribution in [1.29, 1.82) is 0 Å². The molecule has 0 bridgehead atoms. The Morgan fingerprint density at radius 3 is 2.63 bits per heavy atom. The van der Waals surface area contributed by atoms with Crippen molar-refractivity contribution < 1.29 is 37.7 Å². The van der Waals surface area contributed by atoms with Gasteiger partial charge in [-0.2, -0.15) is 0 Å². The Morgan fingerprint density at radius 1 is 1.11 bits per heavy atom. The molecule has 2 atom stereocenters. The van der Waals surface area contributed by atoms with Gasteiger partial charge in [0, 0.05) is 25.1 Å². The van der Waals surface area contributed by atoms with Crippen LogP contribution < -0.4 is 14.2 Å². The minimum Gasteiger partial charge on any atom is -0.493 e. The van der Waals surface area contributed by atoms with E-state index in [4.69, 9.17) is 23.7 Å². The molecular formula is C26H30FNO7. The molecule has 2 aromatic rings. The molecule has 2 aromatic carbocycles. The Morgan fingerprint density at radius 2 is 1.89 bits per heavy atom. The second kappa shape index (κ2) is 10.0. The number of ether oxygens (including phenoxy) is 5. The number of esters is 1. The van der Waals surface area contributed by atoms with Crippen LogP contribution in [0.2, 0.25) is 0 Å². The highest BCUT2D eigenvalue weighted by atomic mass is 19.1. The van der Waals surface area contributed by atoms with Crippen molar-refractivity contribution in [2.24, 2.45) is 5.92 Å². The van der Waals surface area contributed by atoms with Crippen LogP contribution in [0.25, 0.3) is 0 Å². The standard InChI is InChI=1S/C26H30FNO7/c1-26(2,3)35-25(30)28-10-9-19(16-5-7-21(27)20(11-16)24(29)31-4)17(13-28)14-32-18-6-8-22-23(12-18)34-15-33-22/h5-8,11-12,17,19H,9-10,13-15H2,1-4H3/t17-,19-/m0/s1. The lowest BCUT2D eigenvalue weighted by Crippen LogP contribution is -2.46. The summed E-state index contributed by atoms with van der Waals surface area (Å²) < 4.78 is 41.4. The molecular weight excluding hydrogens is 457 g/mol. The van der Waals surface area contributed by atoms with E-state index in [1.54, 1.807) is 29.2 Å². The van der Waals surface area contributed by atoms with Gasteiger partial charge in [0.05, 0.1) is 19.3 Å². The van der Waals surface area contributed by atoms with Gasteiger partial charge in [0.1, 0.15) is 17.2 Å². The lowest BCUT2D eigenvalue weighted by atomic mass is 9.80. The van der Waals surface area contributed by atoms with Crippen molar-refractivity contribution in [3.63, 3.8) is 0 Å². The molecule has 2 aliphatic rings. The number of fused-ring (bicyclic) bond motifs is 1. The zero-order chi connectivity index (χ0) is 25.2. The molecule has 0 aliphatic carbocycles. The summed E-state index contributed by atoms with van der Waals surface area (Å²) in [5.41, 5.74) is 0.0589. The van der Waals surface area contributed by atoms with Crippen LogP contribution >= 0.6 is 0 Å². The first-order valence-corrected chi connectivity index (χ1v) is 11.5. The number of benzene rings is 2. The molecule has 1 saturated heterocycles. The predicted molar refractivity (Wildman–Crippen MR) is 124 cm³/mol. The van der Waals surface area contributed by atoms with E-state index in [1.165, 1.54) is 19.2 Å². The molecule has 8 nitrogen and oxygen atoms in total. The van der Waals surface area contributed by atoms with Crippen LogP contribution in [-0.4, -0.2) is 56.2 Å². The Hall–Kier alpha value is -3.49. The fraction of sp³-hybridized carbons (Fsp3) is 0.462. The summed E-state index contributed by atoms with van der Waals surface area (Å²) in [4.78, 5) is 26.5. The van der Waals surface area contributed by atoms with Crippen molar-refractivity contribution in [2.45, 2.75) is 38.7 Å². The molecule has 0 saturated carbocycles. The molecule has 0 spiro atoms. The van der Waals surface area contributed by atoms with E-state index < -0.39 is 23.5 Å². The average Bonchev–Trinajstić information content (AvgIpc) is 3.29. The van der Waals surface area contributed by atoms with Gasteiger partial charge in [0.25, 0.3) is 0 Å². The number of carbonyl (C=O) groups is 2. The number of amides is 1. The highest BCUT2D eigenvalue weighted by Crippen LogP contribution is 2.38. The summed E-state index contributed by atoms with van der Waals surface area (Å²) in [7, 11) is 1.22. The third kappa shape index (κ3) is 5.78. The van der Waals surface area contributed by atoms with Crippen LogP contribution in [-0.2, 0) is 9.47 Å².